The number of likely N-dealkylation sites (tertiary alicyclic amines) is 1. The van der Waals surface area contributed by atoms with Crippen molar-refractivity contribution in [1.29, 1.82) is 0 Å². The van der Waals surface area contributed by atoms with E-state index in [9.17, 15) is 9.18 Å². The van der Waals surface area contributed by atoms with E-state index in [4.69, 9.17) is 11.6 Å². The van der Waals surface area contributed by atoms with Crippen molar-refractivity contribution in [2.24, 2.45) is 0 Å². The first-order chi connectivity index (χ1) is 7.59. The normalized spacial score (nSPS) is 20.2. The molecule has 1 atom stereocenters. The molecule has 1 fully saturated rings. The minimum absolute atomic E-state index is 0.172. The highest BCUT2D eigenvalue weighted by Crippen LogP contribution is 2.24. The van der Waals surface area contributed by atoms with Crippen molar-refractivity contribution in [2.45, 2.75) is 25.8 Å². The number of carbonyl (C=O) groups excluding carboxylic acids is 1. The third kappa shape index (κ3) is 2.05. The summed E-state index contributed by atoms with van der Waals surface area (Å²) in [5.74, 6) is -0.603. The van der Waals surface area contributed by atoms with Crippen LogP contribution >= 0.6 is 11.6 Å². The van der Waals surface area contributed by atoms with Crippen molar-refractivity contribution >= 4 is 17.5 Å². The van der Waals surface area contributed by atoms with Gasteiger partial charge in [0.2, 0.25) is 0 Å². The molecule has 2 nitrogen and oxygen atoms in total. The summed E-state index contributed by atoms with van der Waals surface area (Å²) in [6.45, 7) is 2.73. The first-order valence-electron chi connectivity index (χ1n) is 5.35. The Bertz CT molecular complexity index is 421. The molecule has 4 heteroatoms. The highest BCUT2D eigenvalue weighted by molar-refractivity contribution is 6.33. The number of rotatable bonds is 1. The van der Waals surface area contributed by atoms with Crippen LogP contribution in [-0.2, 0) is 0 Å². The van der Waals surface area contributed by atoms with Crippen LogP contribution in [0.3, 0.4) is 0 Å². The zero-order valence-corrected chi connectivity index (χ0v) is 9.80. The quantitative estimate of drug-likeness (QED) is 0.740. The first kappa shape index (κ1) is 11.4. The maximum atomic E-state index is 13.1. The van der Waals surface area contributed by atoms with Crippen LogP contribution in [0.15, 0.2) is 18.2 Å². The molecule has 1 aliphatic rings. The Hall–Kier alpha value is -1.09. The lowest BCUT2D eigenvalue weighted by Crippen LogP contribution is -2.33. The van der Waals surface area contributed by atoms with Crippen molar-refractivity contribution in [3.05, 3.63) is 34.6 Å². The fourth-order valence-corrected chi connectivity index (χ4v) is 2.25. The molecule has 0 bridgehead atoms. The molecule has 1 amide bonds. The van der Waals surface area contributed by atoms with Gasteiger partial charge in [0.25, 0.3) is 5.91 Å². The molecule has 0 aliphatic carbocycles. The number of hydrogen-bond donors (Lipinski definition) is 0. The highest BCUT2D eigenvalue weighted by Gasteiger charge is 2.27. The Morgan fingerprint density at radius 2 is 2.31 bits per heavy atom. The van der Waals surface area contributed by atoms with Crippen molar-refractivity contribution < 1.29 is 9.18 Å². The first-order valence-corrected chi connectivity index (χ1v) is 5.73. The largest absolute Gasteiger partial charge is 0.336 e. The van der Waals surface area contributed by atoms with Crippen LogP contribution < -0.4 is 0 Å². The lowest BCUT2D eigenvalue weighted by molar-refractivity contribution is 0.0747. The summed E-state index contributed by atoms with van der Waals surface area (Å²) in [4.78, 5) is 13.9. The fraction of sp³-hybridized carbons (Fsp3) is 0.417. The second-order valence-corrected chi connectivity index (χ2v) is 4.52. The molecule has 1 aromatic rings. The van der Waals surface area contributed by atoms with Gasteiger partial charge in [-0.05, 0) is 38.0 Å². The molecule has 0 spiro atoms. The standard InChI is InChI=1S/C12H13ClFNO/c1-8-3-2-6-15(8)12(16)10-7-9(14)4-5-11(10)13/h4-5,7-8H,2-3,6H2,1H3. The van der Waals surface area contributed by atoms with E-state index in [1.165, 1.54) is 18.2 Å². The predicted molar refractivity (Wildman–Crippen MR) is 61.1 cm³/mol. The van der Waals surface area contributed by atoms with Gasteiger partial charge in [-0.2, -0.15) is 0 Å². The summed E-state index contributed by atoms with van der Waals surface area (Å²) in [5, 5.41) is 0.311. The highest BCUT2D eigenvalue weighted by atomic mass is 35.5. The second-order valence-electron chi connectivity index (χ2n) is 4.11. The molecule has 2 rings (SSSR count). The molecular weight excluding hydrogens is 229 g/mol. The minimum Gasteiger partial charge on any atom is -0.336 e. The van der Waals surface area contributed by atoms with E-state index in [0.717, 1.165) is 19.4 Å². The van der Waals surface area contributed by atoms with E-state index in [1.807, 2.05) is 6.92 Å². The molecule has 1 heterocycles. The van der Waals surface area contributed by atoms with Gasteiger partial charge in [0, 0.05) is 12.6 Å². The SMILES string of the molecule is CC1CCCN1C(=O)c1cc(F)ccc1Cl. The van der Waals surface area contributed by atoms with Gasteiger partial charge in [0.1, 0.15) is 5.82 Å². The third-order valence-corrected chi connectivity index (χ3v) is 3.30. The Balaban J connectivity index is 2.29. The fourth-order valence-electron chi connectivity index (χ4n) is 2.05. The van der Waals surface area contributed by atoms with Gasteiger partial charge < -0.3 is 4.90 Å². The number of carbonyl (C=O) groups is 1. The van der Waals surface area contributed by atoms with Gasteiger partial charge in [-0.3, -0.25) is 4.79 Å². The molecule has 1 unspecified atom stereocenters. The van der Waals surface area contributed by atoms with E-state index in [1.54, 1.807) is 4.90 Å². The van der Waals surface area contributed by atoms with Gasteiger partial charge in [0.15, 0.2) is 0 Å². The summed E-state index contributed by atoms with van der Waals surface area (Å²) < 4.78 is 13.1. The van der Waals surface area contributed by atoms with E-state index >= 15 is 0 Å². The maximum Gasteiger partial charge on any atom is 0.255 e. The van der Waals surface area contributed by atoms with Gasteiger partial charge in [-0.1, -0.05) is 11.6 Å². The van der Waals surface area contributed by atoms with Gasteiger partial charge in [-0.25, -0.2) is 4.39 Å². The number of benzene rings is 1. The van der Waals surface area contributed by atoms with E-state index < -0.39 is 5.82 Å². The molecule has 16 heavy (non-hydrogen) atoms. The summed E-state index contributed by atoms with van der Waals surface area (Å²) >= 11 is 5.90. The average molecular weight is 242 g/mol. The minimum atomic E-state index is -0.431. The maximum absolute atomic E-state index is 13.1. The average Bonchev–Trinajstić information content (AvgIpc) is 2.67. The molecule has 0 radical (unpaired) electrons. The van der Waals surface area contributed by atoms with Crippen LogP contribution in [0.2, 0.25) is 5.02 Å². The van der Waals surface area contributed by atoms with Crippen molar-refractivity contribution in [3.8, 4) is 0 Å². The Kier molecular flexibility index (Phi) is 3.15. The smallest absolute Gasteiger partial charge is 0.255 e. The monoisotopic (exact) mass is 241 g/mol. The van der Waals surface area contributed by atoms with Crippen LogP contribution in [0, 0.1) is 5.82 Å². The molecule has 1 saturated heterocycles. The Morgan fingerprint density at radius 3 is 2.94 bits per heavy atom. The summed E-state index contributed by atoms with van der Waals surface area (Å²) in [5.41, 5.74) is 0.260. The molecule has 86 valence electrons. The van der Waals surface area contributed by atoms with Crippen LogP contribution in [0.1, 0.15) is 30.1 Å². The Labute approximate surface area is 99.0 Å². The third-order valence-electron chi connectivity index (χ3n) is 2.97. The van der Waals surface area contributed by atoms with Gasteiger partial charge in [0.05, 0.1) is 10.6 Å². The van der Waals surface area contributed by atoms with Gasteiger partial charge >= 0.3 is 0 Å². The summed E-state index contributed by atoms with van der Waals surface area (Å²) in [6, 6.07) is 4.10. The molecule has 0 aromatic heterocycles. The number of amides is 1. The van der Waals surface area contributed by atoms with Crippen molar-refractivity contribution in [3.63, 3.8) is 0 Å². The summed E-state index contributed by atoms with van der Waals surface area (Å²) in [7, 11) is 0. The zero-order valence-electron chi connectivity index (χ0n) is 9.04. The number of hydrogen-bond acceptors (Lipinski definition) is 1. The molecule has 1 aromatic carbocycles. The van der Waals surface area contributed by atoms with Crippen molar-refractivity contribution in [2.75, 3.05) is 6.54 Å². The number of nitrogens with zero attached hydrogens (tertiary/aromatic N) is 1. The lowest BCUT2D eigenvalue weighted by Gasteiger charge is -2.21. The Morgan fingerprint density at radius 1 is 1.56 bits per heavy atom. The van der Waals surface area contributed by atoms with Crippen LogP contribution in [0.5, 0.6) is 0 Å². The second kappa shape index (κ2) is 4.42. The predicted octanol–water partition coefficient (Wildman–Crippen LogP) is 3.10. The summed E-state index contributed by atoms with van der Waals surface area (Å²) in [6.07, 6.45) is 2.00. The molecular formula is C12H13ClFNO. The molecule has 0 N–H and O–H groups in total. The van der Waals surface area contributed by atoms with Gasteiger partial charge in [-0.15, -0.1) is 0 Å². The van der Waals surface area contributed by atoms with Crippen LogP contribution in [0.25, 0.3) is 0 Å². The van der Waals surface area contributed by atoms with E-state index in [-0.39, 0.29) is 17.5 Å². The molecule has 0 saturated carbocycles. The number of halogens is 2. The van der Waals surface area contributed by atoms with E-state index in [0.29, 0.717) is 5.02 Å². The van der Waals surface area contributed by atoms with Crippen molar-refractivity contribution in [1.82, 2.24) is 4.90 Å². The van der Waals surface area contributed by atoms with Crippen LogP contribution in [0.4, 0.5) is 4.39 Å². The van der Waals surface area contributed by atoms with Crippen LogP contribution in [-0.4, -0.2) is 23.4 Å². The molecule has 1 aliphatic heterocycles. The topological polar surface area (TPSA) is 20.3 Å². The zero-order chi connectivity index (χ0) is 11.7. The lowest BCUT2D eigenvalue weighted by atomic mass is 10.1. The van der Waals surface area contributed by atoms with E-state index in [2.05, 4.69) is 0 Å².